The van der Waals surface area contributed by atoms with Crippen LogP contribution < -0.4 is 5.56 Å². The smallest absolute Gasteiger partial charge is 0.343 e. The number of carbonyl (C=O) groups excluding carboxylic acids is 2. The zero-order valence-corrected chi connectivity index (χ0v) is 32.2. The number of tetrazole rings is 1. The molecule has 0 amide bonds. The maximum atomic E-state index is 13.9. The molecule has 0 aliphatic heterocycles. The van der Waals surface area contributed by atoms with Gasteiger partial charge in [-0.2, -0.15) is 0 Å². The Morgan fingerprint density at radius 1 is 0.632 bits per heavy atom. The summed E-state index contributed by atoms with van der Waals surface area (Å²) in [5.74, 6) is -0.801. The summed E-state index contributed by atoms with van der Waals surface area (Å²) < 4.78 is 14.0. The average Bonchev–Trinajstić information content (AvgIpc) is 3.74. The van der Waals surface area contributed by atoms with Crippen molar-refractivity contribution in [2.75, 3.05) is 13.2 Å². The number of benzene rings is 5. The van der Waals surface area contributed by atoms with E-state index >= 15 is 0 Å². The topological polar surface area (TPSA) is 118 Å². The lowest BCUT2D eigenvalue weighted by atomic mass is 9.77. The number of ether oxygens (including phenoxy) is 2. The largest absolute Gasteiger partial charge is 0.462 e. The molecule has 0 N–H and O–H groups in total. The van der Waals surface area contributed by atoms with Crippen LogP contribution >= 0.6 is 0 Å². The van der Waals surface area contributed by atoms with Crippen LogP contribution in [0.4, 0.5) is 0 Å². The van der Waals surface area contributed by atoms with Gasteiger partial charge in [0.15, 0.2) is 5.82 Å². The van der Waals surface area contributed by atoms with Gasteiger partial charge in [0.2, 0.25) is 0 Å². The highest BCUT2D eigenvalue weighted by Crippen LogP contribution is 2.43. The Morgan fingerprint density at radius 3 is 1.67 bits per heavy atom. The molecule has 0 aliphatic rings. The molecule has 7 aromatic rings. The first-order valence-electron chi connectivity index (χ1n) is 19.2. The van der Waals surface area contributed by atoms with Gasteiger partial charge in [0.1, 0.15) is 11.1 Å². The second-order valence-corrected chi connectivity index (χ2v) is 13.5. The molecular formula is C47H43N5O5. The molecule has 0 fully saturated rings. The lowest BCUT2D eigenvalue weighted by Gasteiger charge is -2.36. The summed E-state index contributed by atoms with van der Waals surface area (Å²) in [6.45, 7) is 5.72. The lowest BCUT2D eigenvalue weighted by molar-refractivity contribution is 0.0520. The third-order valence-electron chi connectivity index (χ3n) is 10.0. The maximum absolute atomic E-state index is 13.9. The van der Waals surface area contributed by atoms with Crippen LogP contribution in [0.2, 0.25) is 0 Å². The number of hydrogen-bond donors (Lipinski definition) is 0. The molecule has 0 unspecified atom stereocenters. The van der Waals surface area contributed by atoms with E-state index < -0.39 is 23.0 Å². The van der Waals surface area contributed by atoms with E-state index in [1.165, 1.54) is 10.6 Å². The van der Waals surface area contributed by atoms with E-state index in [2.05, 4.69) is 46.7 Å². The van der Waals surface area contributed by atoms with E-state index in [0.717, 1.165) is 38.9 Å². The first kappa shape index (κ1) is 38.3. The molecule has 10 heteroatoms. The molecule has 286 valence electrons. The minimum absolute atomic E-state index is 0.0881. The summed E-state index contributed by atoms with van der Waals surface area (Å²) in [6, 6.07) is 48.0. The Hall–Kier alpha value is -6.94. The van der Waals surface area contributed by atoms with E-state index in [9.17, 15) is 14.4 Å². The Labute approximate surface area is 331 Å². The van der Waals surface area contributed by atoms with Gasteiger partial charge < -0.3 is 14.0 Å². The van der Waals surface area contributed by atoms with Gasteiger partial charge in [-0.15, -0.1) is 5.10 Å². The van der Waals surface area contributed by atoms with Crippen LogP contribution in [-0.4, -0.2) is 49.9 Å². The molecule has 0 atom stereocenters. The molecule has 5 aromatic carbocycles. The number of rotatable bonds is 14. The van der Waals surface area contributed by atoms with E-state index in [0.29, 0.717) is 24.4 Å². The average molecular weight is 758 g/mol. The van der Waals surface area contributed by atoms with Crippen molar-refractivity contribution in [2.45, 2.75) is 45.7 Å². The van der Waals surface area contributed by atoms with Crippen LogP contribution in [0.5, 0.6) is 0 Å². The van der Waals surface area contributed by atoms with Crippen molar-refractivity contribution >= 4 is 11.9 Å². The first-order valence-corrected chi connectivity index (χ1v) is 19.2. The van der Waals surface area contributed by atoms with Crippen LogP contribution in [0.15, 0.2) is 150 Å². The fourth-order valence-corrected chi connectivity index (χ4v) is 7.51. The molecular weight excluding hydrogens is 715 g/mol. The molecule has 0 bridgehead atoms. The van der Waals surface area contributed by atoms with Gasteiger partial charge in [0.25, 0.3) is 5.56 Å². The van der Waals surface area contributed by atoms with Gasteiger partial charge >= 0.3 is 11.9 Å². The van der Waals surface area contributed by atoms with Crippen molar-refractivity contribution in [2.24, 2.45) is 0 Å². The SMILES string of the molecule is CCCc1c(C(=O)OCC)cc(C(=O)OCC)c(=O)n1Cc1ccc(-c2ccccc2-c2nnnn2C(c2ccccc2)(c2ccccc2)c2ccccc2)cc1. The molecule has 10 nitrogen and oxygen atoms in total. The summed E-state index contributed by atoms with van der Waals surface area (Å²) in [4.78, 5) is 40.0. The standard InChI is InChI=1S/C47H43N5O5/c1-4-18-42-40(45(54)56-5-2)31-41(46(55)57-6-3)44(53)51(42)32-33-27-29-34(30-28-33)38-25-16-17-26-39(38)43-48-49-50-52(43)47(35-19-10-7-11-20-35,36-21-12-8-13-22-36)37-23-14-9-15-24-37/h7-17,19-31H,4-6,18,32H2,1-3H3. The van der Waals surface area contributed by atoms with Crippen molar-refractivity contribution in [3.63, 3.8) is 0 Å². The third-order valence-corrected chi connectivity index (χ3v) is 10.0. The maximum Gasteiger partial charge on any atom is 0.343 e. The number of carbonyl (C=O) groups is 2. The molecule has 0 radical (unpaired) electrons. The highest BCUT2D eigenvalue weighted by atomic mass is 16.5. The first-order chi connectivity index (χ1) is 27.9. The second-order valence-electron chi connectivity index (χ2n) is 13.5. The van der Waals surface area contributed by atoms with Gasteiger partial charge in [-0.25, -0.2) is 14.3 Å². The fourth-order valence-electron chi connectivity index (χ4n) is 7.51. The zero-order chi connectivity index (χ0) is 39.8. The Morgan fingerprint density at radius 2 is 1.14 bits per heavy atom. The normalized spacial score (nSPS) is 11.3. The van der Waals surface area contributed by atoms with Gasteiger partial charge in [-0.3, -0.25) is 4.79 Å². The predicted octanol–water partition coefficient (Wildman–Crippen LogP) is 8.36. The summed E-state index contributed by atoms with van der Waals surface area (Å²) in [6.07, 6.45) is 1.10. The third kappa shape index (κ3) is 7.41. The molecule has 57 heavy (non-hydrogen) atoms. The van der Waals surface area contributed by atoms with Crippen LogP contribution in [0.1, 0.15) is 75.9 Å². The lowest BCUT2D eigenvalue weighted by Crippen LogP contribution is -2.39. The summed E-state index contributed by atoms with van der Waals surface area (Å²) in [5.41, 5.74) is 5.45. The monoisotopic (exact) mass is 757 g/mol. The van der Waals surface area contributed by atoms with E-state index in [1.54, 1.807) is 13.8 Å². The highest BCUT2D eigenvalue weighted by molar-refractivity contribution is 5.96. The summed E-state index contributed by atoms with van der Waals surface area (Å²) >= 11 is 0. The van der Waals surface area contributed by atoms with Crippen LogP contribution in [0.3, 0.4) is 0 Å². The molecule has 0 saturated carbocycles. The quantitative estimate of drug-likeness (QED) is 0.0803. The Balaban J connectivity index is 1.33. The van der Waals surface area contributed by atoms with Crippen molar-refractivity contribution in [3.8, 4) is 22.5 Å². The summed E-state index contributed by atoms with van der Waals surface area (Å²) in [5, 5.41) is 13.7. The van der Waals surface area contributed by atoms with E-state index in [4.69, 9.17) is 14.7 Å². The van der Waals surface area contributed by atoms with Crippen molar-refractivity contribution < 1.29 is 19.1 Å². The Bertz CT molecular complexity index is 2440. The number of aromatic nitrogens is 5. The van der Waals surface area contributed by atoms with E-state index in [1.807, 2.05) is 115 Å². The van der Waals surface area contributed by atoms with Crippen LogP contribution in [0, 0.1) is 0 Å². The van der Waals surface area contributed by atoms with Gasteiger partial charge in [-0.1, -0.05) is 153 Å². The van der Waals surface area contributed by atoms with Gasteiger partial charge in [0, 0.05) is 11.3 Å². The molecule has 0 aliphatic carbocycles. The Kier molecular flexibility index (Phi) is 11.6. The number of nitrogens with zero attached hydrogens (tertiary/aromatic N) is 5. The fraction of sp³-hybridized carbons (Fsp3) is 0.191. The number of hydrogen-bond acceptors (Lipinski definition) is 8. The second kappa shape index (κ2) is 17.2. The highest BCUT2D eigenvalue weighted by Gasteiger charge is 2.42. The number of esters is 2. The molecule has 0 saturated heterocycles. The van der Waals surface area contributed by atoms with Crippen LogP contribution in [-0.2, 0) is 28.0 Å². The predicted molar refractivity (Wildman–Crippen MR) is 219 cm³/mol. The van der Waals surface area contributed by atoms with Gasteiger partial charge in [-0.05, 0) is 70.1 Å². The molecule has 2 aromatic heterocycles. The van der Waals surface area contributed by atoms with E-state index in [-0.39, 0.29) is 30.9 Å². The molecule has 7 rings (SSSR count). The molecule has 0 spiro atoms. The molecule has 2 heterocycles. The zero-order valence-electron chi connectivity index (χ0n) is 32.2. The summed E-state index contributed by atoms with van der Waals surface area (Å²) in [7, 11) is 0. The van der Waals surface area contributed by atoms with Crippen molar-refractivity contribution in [1.29, 1.82) is 0 Å². The number of pyridine rings is 1. The van der Waals surface area contributed by atoms with Gasteiger partial charge in [0.05, 0.1) is 25.3 Å². The van der Waals surface area contributed by atoms with Crippen molar-refractivity contribution in [1.82, 2.24) is 24.8 Å². The minimum atomic E-state index is -0.927. The minimum Gasteiger partial charge on any atom is -0.462 e. The van der Waals surface area contributed by atoms with Crippen LogP contribution in [0.25, 0.3) is 22.5 Å². The van der Waals surface area contributed by atoms with Crippen molar-refractivity contribution in [3.05, 3.63) is 195 Å².